The third kappa shape index (κ3) is 3.04. The van der Waals surface area contributed by atoms with Gasteiger partial charge in [0, 0.05) is 12.2 Å². The molecule has 0 amide bonds. The Bertz CT molecular complexity index is 497. The molecule has 0 saturated carbocycles. The van der Waals surface area contributed by atoms with Gasteiger partial charge in [-0.3, -0.25) is 0 Å². The zero-order valence-corrected chi connectivity index (χ0v) is 9.85. The van der Waals surface area contributed by atoms with E-state index in [1.54, 1.807) is 0 Å². The standard InChI is InChI=1S/C14H16N2O/c1-11-5-4-8-14(16-11)15-9-12-6-2-3-7-13(12)10-17/h2-8,17H,9-10H2,1H3,(H,15,16). The highest BCUT2D eigenvalue weighted by molar-refractivity contribution is 5.38. The van der Waals surface area contributed by atoms with Crippen molar-refractivity contribution in [2.24, 2.45) is 0 Å². The van der Waals surface area contributed by atoms with Gasteiger partial charge in [0.05, 0.1) is 6.61 Å². The lowest BCUT2D eigenvalue weighted by molar-refractivity contribution is 0.280. The van der Waals surface area contributed by atoms with Crippen molar-refractivity contribution in [3.63, 3.8) is 0 Å². The van der Waals surface area contributed by atoms with E-state index in [2.05, 4.69) is 10.3 Å². The van der Waals surface area contributed by atoms with E-state index in [0.29, 0.717) is 6.54 Å². The van der Waals surface area contributed by atoms with E-state index < -0.39 is 0 Å². The molecule has 0 aliphatic heterocycles. The van der Waals surface area contributed by atoms with Crippen LogP contribution in [0, 0.1) is 6.92 Å². The van der Waals surface area contributed by atoms with Crippen LogP contribution in [-0.2, 0) is 13.2 Å². The Kier molecular flexibility index (Phi) is 3.73. The molecule has 2 rings (SSSR count). The Balaban J connectivity index is 2.07. The van der Waals surface area contributed by atoms with E-state index >= 15 is 0 Å². The average molecular weight is 228 g/mol. The van der Waals surface area contributed by atoms with Crippen molar-refractivity contribution >= 4 is 5.82 Å². The van der Waals surface area contributed by atoms with Gasteiger partial charge < -0.3 is 10.4 Å². The highest BCUT2D eigenvalue weighted by atomic mass is 16.3. The second-order valence-corrected chi connectivity index (χ2v) is 3.94. The van der Waals surface area contributed by atoms with Crippen molar-refractivity contribution in [3.05, 3.63) is 59.3 Å². The maximum Gasteiger partial charge on any atom is 0.126 e. The first-order chi connectivity index (χ1) is 8.29. The Hall–Kier alpha value is -1.87. The van der Waals surface area contributed by atoms with Gasteiger partial charge in [-0.05, 0) is 30.2 Å². The number of benzene rings is 1. The number of aromatic nitrogens is 1. The molecule has 0 unspecified atom stereocenters. The lowest BCUT2D eigenvalue weighted by atomic mass is 10.1. The summed E-state index contributed by atoms with van der Waals surface area (Å²) in [5, 5.41) is 12.5. The van der Waals surface area contributed by atoms with E-state index in [0.717, 1.165) is 22.6 Å². The average Bonchev–Trinajstić information content (AvgIpc) is 2.37. The van der Waals surface area contributed by atoms with Crippen LogP contribution in [0.25, 0.3) is 0 Å². The fraction of sp³-hybridized carbons (Fsp3) is 0.214. The molecule has 1 aromatic heterocycles. The first kappa shape index (κ1) is 11.6. The maximum absolute atomic E-state index is 9.22. The molecule has 17 heavy (non-hydrogen) atoms. The molecule has 0 aliphatic rings. The van der Waals surface area contributed by atoms with Gasteiger partial charge in [0.2, 0.25) is 0 Å². The predicted molar refractivity (Wildman–Crippen MR) is 68.7 cm³/mol. The smallest absolute Gasteiger partial charge is 0.126 e. The Morgan fingerprint density at radius 1 is 1.06 bits per heavy atom. The van der Waals surface area contributed by atoms with Gasteiger partial charge in [-0.1, -0.05) is 30.3 Å². The fourth-order valence-electron chi connectivity index (χ4n) is 1.71. The topological polar surface area (TPSA) is 45.1 Å². The van der Waals surface area contributed by atoms with Crippen molar-refractivity contribution in [2.75, 3.05) is 5.32 Å². The Morgan fingerprint density at radius 3 is 2.53 bits per heavy atom. The summed E-state index contributed by atoms with van der Waals surface area (Å²) in [4.78, 5) is 4.37. The van der Waals surface area contributed by atoms with Crippen LogP contribution in [0.1, 0.15) is 16.8 Å². The Morgan fingerprint density at radius 2 is 1.82 bits per heavy atom. The molecule has 2 N–H and O–H groups in total. The number of hydrogen-bond donors (Lipinski definition) is 2. The van der Waals surface area contributed by atoms with Crippen molar-refractivity contribution in [1.29, 1.82) is 0 Å². The van der Waals surface area contributed by atoms with Gasteiger partial charge in [0.15, 0.2) is 0 Å². The van der Waals surface area contributed by atoms with Crippen molar-refractivity contribution < 1.29 is 5.11 Å². The van der Waals surface area contributed by atoms with E-state index in [1.807, 2.05) is 49.4 Å². The molecule has 2 aromatic rings. The van der Waals surface area contributed by atoms with Gasteiger partial charge in [-0.2, -0.15) is 0 Å². The van der Waals surface area contributed by atoms with Gasteiger partial charge in [0.25, 0.3) is 0 Å². The minimum absolute atomic E-state index is 0.0686. The summed E-state index contributed by atoms with van der Waals surface area (Å²) in [5.74, 6) is 0.859. The van der Waals surface area contributed by atoms with Crippen LogP contribution in [0.2, 0.25) is 0 Å². The van der Waals surface area contributed by atoms with Crippen LogP contribution >= 0.6 is 0 Å². The van der Waals surface area contributed by atoms with Gasteiger partial charge in [-0.25, -0.2) is 4.98 Å². The number of nitrogens with zero attached hydrogens (tertiary/aromatic N) is 1. The second kappa shape index (κ2) is 5.46. The first-order valence-electron chi connectivity index (χ1n) is 5.65. The van der Waals surface area contributed by atoms with E-state index in [4.69, 9.17) is 0 Å². The van der Waals surface area contributed by atoms with E-state index in [9.17, 15) is 5.11 Å². The highest BCUT2D eigenvalue weighted by Crippen LogP contribution is 2.11. The summed E-state index contributed by atoms with van der Waals surface area (Å²) < 4.78 is 0. The quantitative estimate of drug-likeness (QED) is 0.845. The number of pyridine rings is 1. The van der Waals surface area contributed by atoms with Crippen LogP contribution in [0.4, 0.5) is 5.82 Å². The maximum atomic E-state index is 9.22. The molecular weight excluding hydrogens is 212 g/mol. The summed E-state index contributed by atoms with van der Waals surface area (Å²) in [6.07, 6.45) is 0. The molecule has 0 spiro atoms. The largest absolute Gasteiger partial charge is 0.392 e. The Labute approximate surface area is 101 Å². The molecule has 1 aromatic carbocycles. The van der Waals surface area contributed by atoms with Crippen LogP contribution in [-0.4, -0.2) is 10.1 Å². The van der Waals surface area contributed by atoms with E-state index in [-0.39, 0.29) is 6.61 Å². The minimum atomic E-state index is 0.0686. The predicted octanol–water partition coefficient (Wildman–Crippen LogP) is 2.49. The number of anilines is 1. The SMILES string of the molecule is Cc1cccc(NCc2ccccc2CO)n1. The molecule has 0 fully saturated rings. The molecule has 3 nitrogen and oxygen atoms in total. The number of nitrogens with one attached hydrogen (secondary N) is 1. The zero-order chi connectivity index (χ0) is 12.1. The summed E-state index contributed by atoms with van der Waals surface area (Å²) in [7, 11) is 0. The molecule has 0 radical (unpaired) electrons. The number of rotatable bonds is 4. The van der Waals surface area contributed by atoms with Gasteiger partial charge in [-0.15, -0.1) is 0 Å². The summed E-state index contributed by atoms with van der Waals surface area (Å²) in [6.45, 7) is 2.71. The van der Waals surface area contributed by atoms with E-state index in [1.165, 1.54) is 0 Å². The van der Waals surface area contributed by atoms with Crippen molar-refractivity contribution in [3.8, 4) is 0 Å². The molecule has 0 saturated heterocycles. The number of hydrogen-bond acceptors (Lipinski definition) is 3. The van der Waals surface area contributed by atoms with Crippen LogP contribution in [0.5, 0.6) is 0 Å². The van der Waals surface area contributed by atoms with Gasteiger partial charge >= 0.3 is 0 Å². The van der Waals surface area contributed by atoms with Crippen LogP contribution in [0.15, 0.2) is 42.5 Å². The number of aryl methyl sites for hydroxylation is 1. The van der Waals surface area contributed by atoms with Crippen LogP contribution < -0.4 is 5.32 Å². The molecular formula is C14H16N2O. The lowest BCUT2D eigenvalue weighted by Gasteiger charge is -2.09. The van der Waals surface area contributed by atoms with Crippen molar-refractivity contribution in [1.82, 2.24) is 4.98 Å². The first-order valence-corrected chi connectivity index (χ1v) is 5.65. The monoisotopic (exact) mass is 228 g/mol. The molecule has 3 heteroatoms. The summed E-state index contributed by atoms with van der Waals surface area (Å²) in [6, 6.07) is 13.7. The highest BCUT2D eigenvalue weighted by Gasteiger charge is 2.00. The van der Waals surface area contributed by atoms with Crippen LogP contribution in [0.3, 0.4) is 0 Å². The third-order valence-corrected chi connectivity index (χ3v) is 2.64. The minimum Gasteiger partial charge on any atom is -0.392 e. The molecule has 1 heterocycles. The molecule has 0 atom stereocenters. The number of aliphatic hydroxyl groups is 1. The zero-order valence-electron chi connectivity index (χ0n) is 9.85. The molecule has 0 bridgehead atoms. The lowest BCUT2D eigenvalue weighted by Crippen LogP contribution is -2.04. The summed E-state index contributed by atoms with van der Waals surface area (Å²) >= 11 is 0. The fourth-order valence-corrected chi connectivity index (χ4v) is 1.71. The van der Waals surface area contributed by atoms with Gasteiger partial charge in [0.1, 0.15) is 5.82 Å². The van der Waals surface area contributed by atoms with Crippen molar-refractivity contribution in [2.45, 2.75) is 20.1 Å². The second-order valence-electron chi connectivity index (χ2n) is 3.94. The summed E-state index contributed by atoms with van der Waals surface area (Å²) in [5.41, 5.74) is 3.04. The number of aliphatic hydroxyl groups excluding tert-OH is 1. The third-order valence-electron chi connectivity index (χ3n) is 2.64. The normalized spacial score (nSPS) is 10.2. The molecule has 88 valence electrons. The molecule has 0 aliphatic carbocycles.